The van der Waals surface area contributed by atoms with Gasteiger partial charge in [0, 0.05) is 21.9 Å². The molecule has 0 unspecified atom stereocenters. The van der Waals surface area contributed by atoms with Gasteiger partial charge in [0.1, 0.15) is 0 Å². The molecule has 0 fully saturated rings. The number of nitrogens with zero attached hydrogens (tertiary/aromatic N) is 1. The SMILES string of the molecule is O=[N+]([O-])C(/C=C\c1cccs1)=C/c1cccs1. The van der Waals surface area contributed by atoms with Gasteiger partial charge in [-0.2, -0.15) is 0 Å². The molecule has 0 aliphatic heterocycles. The standard InChI is InChI=1S/C12H9NO2S2/c14-13(15)10(9-12-4-2-8-17-12)5-6-11-3-1-7-16-11/h1-9H/b6-5-,10-9+. The van der Waals surface area contributed by atoms with Crippen LogP contribution < -0.4 is 0 Å². The molecule has 5 heteroatoms. The van der Waals surface area contributed by atoms with Crippen LogP contribution >= 0.6 is 22.7 Å². The van der Waals surface area contributed by atoms with Gasteiger partial charge >= 0.3 is 0 Å². The molecule has 0 radical (unpaired) electrons. The second-order valence-corrected chi connectivity index (χ2v) is 5.15. The highest BCUT2D eigenvalue weighted by atomic mass is 32.1. The van der Waals surface area contributed by atoms with Crippen LogP contribution in [0.3, 0.4) is 0 Å². The Morgan fingerprint density at radius 2 is 1.82 bits per heavy atom. The Kier molecular flexibility index (Phi) is 3.85. The predicted octanol–water partition coefficient (Wildman–Crippen LogP) is 4.14. The highest BCUT2D eigenvalue weighted by Crippen LogP contribution is 2.16. The Labute approximate surface area is 107 Å². The summed E-state index contributed by atoms with van der Waals surface area (Å²) in [5.74, 6) is 0. The van der Waals surface area contributed by atoms with Crippen LogP contribution in [0.15, 0.2) is 46.8 Å². The van der Waals surface area contributed by atoms with Gasteiger partial charge in [0.25, 0.3) is 5.70 Å². The maximum Gasteiger partial charge on any atom is 0.270 e. The van der Waals surface area contributed by atoms with Crippen molar-refractivity contribution in [2.24, 2.45) is 0 Å². The fraction of sp³-hybridized carbons (Fsp3) is 0. The van der Waals surface area contributed by atoms with Crippen molar-refractivity contribution in [2.45, 2.75) is 0 Å². The first-order valence-corrected chi connectivity index (χ1v) is 6.63. The zero-order valence-electron chi connectivity index (χ0n) is 8.78. The third-order valence-corrected chi connectivity index (χ3v) is 3.66. The molecule has 0 amide bonds. The van der Waals surface area contributed by atoms with E-state index in [9.17, 15) is 10.1 Å². The molecule has 0 saturated carbocycles. The molecule has 0 spiro atoms. The average Bonchev–Trinajstić information content (AvgIpc) is 2.97. The van der Waals surface area contributed by atoms with Gasteiger partial charge in [0.05, 0.1) is 4.92 Å². The largest absolute Gasteiger partial charge is 0.270 e. The smallest absolute Gasteiger partial charge is 0.258 e. The van der Waals surface area contributed by atoms with Crippen molar-refractivity contribution in [3.05, 3.63) is 66.7 Å². The molecular weight excluding hydrogens is 254 g/mol. The van der Waals surface area contributed by atoms with Crippen LogP contribution in [0.2, 0.25) is 0 Å². The van der Waals surface area contributed by atoms with E-state index in [0.29, 0.717) is 0 Å². The Morgan fingerprint density at radius 1 is 1.18 bits per heavy atom. The summed E-state index contributed by atoms with van der Waals surface area (Å²) in [4.78, 5) is 12.4. The molecule has 17 heavy (non-hydrogen) atoms. The molecule has 2 aromatic rings. The summed E-state index contributed by atoms with van der Waals surface area (Å²) in [6.45, 7) is 0. The quantitative estimate of drug-likeness (QED) is 0.472. The van der Waals surface area contributed by atoms with E-state index in [-0.39, 0.29) is 10.6 Å². The molecule has 2 heterocycles. The summed E-state index contributed by atoms with van der Waals surface area (Å²) in [5, 5.41) is 14.7. The maximum atomic E-state index is 10.9. The van der Waals surface area contributed by atoms with Crippen LogP contribution in [0, 0.1) is 10.1 Å². The highest BCUT2D eigenvalue weighted by molar-refractivity contribution is 7.11. The van der Waals surface area contributed by atoms with Crippen molar-refractivity contribution in [2.75, 3.05) is 0 Å². The lowest BCUT2D eigenvalue weighted by atomic mass is 10.3. The van der Waals surface area contributed by atoms with Crippen molar-refractivity contribution < 1.29 is 4.92 Å². The maximum absolute atomic E-state index is 10.9. The summed E-state index contributed by atoms with van der Waals surface area (Å²) < 4.78 is 0. The third kappa shape index (κ3) is 3.37. The highest BCUT2D eigenvalue weighted by Gasteiger charge is 2.06. The first kappa shape index (κ1) is 11.8. The lowest BCUT2D eigenvalue weighted by Gasteiger charge is -1.90. The Hall–Kier alpha value is -1.72. The summed E-state index contributed by atoms with van der Waals surface area (Å²) in [5.41, 5.74) is 0.0980. The molecule has 2 rings (SSSR count). The van der Waals surface area contributed by atoms with E-state index in [2.05, 4.69) is 0 Å². The van der Waals surface area contributed by atoms with Crippen LogP contribution in [-0.4, -0.2) is 4.92 Å². The predicted molar refractivity (Wildman–Crippen MR) is 72.6 cm³/mol. The summed E-state index contributed by atoms with van der Waals surface area (Å²) in [6, 6.07) is 7.56. The van der Waals surface area contributed by atoms with Crippen molar-refractivity contribution >= 4 is 34.8 Å². The normalized spacial score (nSPS) is 12.1. The van der Waals surface area contributed by atoms with E-state index >= 15 is 0 Å². The average molecular weight is 263 g/mol. The van der Waals surface area contributed by atoms with Crippen molar-refractivity contribution in [1.29, 1.82) is 0 Å². The summed E-state index contributed by atoms with van der Waals surface area (Å²) in [7, 11) is 0. The molecule has 86 valence electrons. The summed E-state index contributed by atoms with van der Waals surface area (Å²) in [6.07, 6.45) is 4.87. The number of allylic oxidation sites excluding steroid dienone is 1. The molecule has 0 bridgehead atoms. The van der Waals surface area contributed by atoms with Crippen LogP contribution in [0.4, 0.5) is 0 Å². The fourth-order valence-corrected chi connectivity index (χ4v) is 2.51. The van der Waals surface area contributed by atoms with Crippen LogP contribution in [0.5, 0.6) is 0 Å². The number of nitro groups is 1. The van der Waals surface area contributed by atoms with Crippen LogP contribution in [-0.2, 0) is 0 Å². The number of hydrogen-bond donors (Lipinski definition) is 0. The zero-order chi connectivity index (χ0) is 12.1. The van der Waals surface area contributed by atoms with Crippen molar-refractivity contribution in [3.63, 3.8) is 0 Å². The molecule has 0 aliphatic rings. The number of rotatable bonds is 4. The van der Waals surface area contributed by atoms with E-state index < -0.39 is 0 Å². The topological polar surface area (TPSA) is 43.1 Å². The van der Waals surface area contributed by atoms with Gasteiger partial charge in [-0.05, 0) is 29.0 Å². The minimum atomic E-state index is -0.371. The van der Waals surface area contributed by atoms with Gasteiger partial charge in [0.15, 0.2) is 0 Å². The van der Waals surface area contributed by atoms with Gasteiger partial charge in [-0.3, -0.25) is 10.1 Å². The van der Waals surface area contributed by atoms with Crippen molar-refractivity contribution in [3.8, 4) is 0 Å². The minimum Gasteiger partial charge on any atom is -0.258 e. The van der Waals surface area contributed by atoms with Crippen LogP contribution in [0.25, 0.3) is 12.2 Å². The van der Waals surface area contributed by atoms with Gasteiger partial charge < -0.3 is 0 Å². The Morgan fingerprint density at radius 3 is 2.35 bits per heavy atom. The van der Waals surface area contributed by atoms with Gasteiger partial charge in [-0.25, -0.2) is 0 Å². The molecule has 0 atom stereocenters. The molecule has 2 aromatic heterocycles. The van der Waals surface area contributed by atoms with Gasteiger partial charge in [-0.15, -0.1) is 22.7 Å². The molecule has 0 saturated heterocycles. The van der Waals surface area contributed by atoms with E-state index in [1.165, 1.54) is 17.4 Å². The Balaban J connectivity index is 2.22. The number of thiophene rings is 2. The Bertz CT molecular complexity index is 539. The van der Waals surface area contributed by atoms with Gasteiger partial charge in [0.2, 0.25) is 0 Å². The minimum absolute atomic E-state index is 0.0980. The monoisotopic (exact) mass is 263 g/mol. The first-order valence-electron chi connectivity index (χ1n) is 4.87. The lowest BCUT2D eigenvalue weighted by Crippen LogP contribution is -1.94. The molecule has 0 aromatic carbocycles. The third-order valence-electron chi connectivity index (χ3n) is 2.01. The fourth-order valence-electron chi connectivity index (χ4n) is 1.23. The zero-order valence-corrected chi connectivity index (χ0v) is 10.4. The second kappa shape index (κ2) is 5.56. The molecule has 0 N–H and O–H groups in total. The lowest BCUT2D eigenvalue weighted by molar-refractivity contribution is -0.417. The van der Waals surface area contributed by atoms with Crippen molar-refractivity contribution in [1.82, 2.24) is 0 Å². The molecule has 3 nitrogen and oxygen atoms in total. The first-order chi connectivity index (χ1) is 8.25. The molecular formula is C12H9NO2S2. The van der Waals surface area contributed by atoms with E-state index in [1.807, 2.05) is 35.0 Å². The van der Waals surface area contributed by atoms with E-state index in [4.69, 9.17) is 0 Å². The number of hydrogen-bond acceptors (Lipinski definition) is 4. The van der Waals surface area contributed by atoms with Gasteiger partial charge in [-0.1, -0.05) is 12.1 Å². The van der Waals surface area contributed by atoms with E-state index in [1.54, 1.807) is 23.5 Å². The van der Waals surface area contributed by atoms with E-state index in [0.717, 1.165) is 9.75 Å². The second-order valence-electron chi connectivity index (χ2n) is 3.19. The molecule has 0 aliphatic carbocycles. The van der Waals surface area contributed by atoms with Crippen LogP contribution in [0.1, 0.15) is 9.75 Å². The summed E-state index contributed by atoms with van der Waals surface area (Å²) >= 11 is 3.03.